The monoisotopic (exact) mass is 517 g/mol. The smallest absolute Gasteiger partial charge is 0.295 e. The summed E-state index contributed by atoms with van der Waals surface area (Å²) in [4.78, 5) is 14.0. The molecule has 1 amide bonds. The van der Waals surface area contributed by atoms with Gasteiger partial charge in [0.05, 0.1) is 4.90 Å². The lowest BCUT2D eigenvalue weighted by Crippen LogP contribution is -2.31. The van der Waals surface area contributed by atoms with E-state index in [1.54, 1.807) is 60.7 Å². The summed E-state index contributed by atoms with van der Waals surface area (Å²) in [5, 5.41) is 11.2. The number of hydrogen-bond donors (Lipinski definition) is 1. The highest BCUT2D eigenvalue weighted by Crippen LogP contribution is 2.45. The maximum absolute atomic E-state index is 13.6. The molecule has 158 valence electrons. The molecule has 0 unspecified atom stereocenters. The van der Waals surface area contributed by atoms with Crippen LogP contribution in [0.1, 0.15) is 17.2 Å². The Morgan fingerprint density at radius 3 is 2.10 bits per heavy atom. The molecule has 0 aliphatic carbocycles. The van der Waals surface area contributed by atoms with Crippen molar-refractivity contribution in [3.8, 4) is 0 Å². The summed E-state index contributed by atoms with van der Waals surface area (Å²) in [7, 11) is -4.17. The van der Waals surface area contributed by atoms with Gasteiger partial charge < -0.3 is 5.11 Å². The average molecular weight is 519 g/mol. The number of aliphatic hydroxyl groups excluding tert-OH is 1. The number of halogens is 2. The van der Waals surface area contributed by atoms with Gasteiger partial charge in [0.2, 0.25) is 9.84 Å². The second-order valence-corrected chi connectivity index (χ2v) is 10.4. The van der Waals surface area contributed by atoms with E-state index in [4.69, 9.17) is 11.6 Å². The molecule has 31 heavy (non-hydrogen) atoms. The molecule has 0 radical (unpaired) electrons. The van der Waals surface area contributed by atoms with Gasteiger partial charge in [-0.15, -0.1) is 0 Å². The molecule has 8 heteroatoms. The second-order valence-electron chi connectivity index (χ2n) is 7.14. The minimum Gasteiger partial charge on any atom is -0.502 e. The van der Waals surface area contributed by atoms with Crippen molar-refractivity contribution in [3.63, 3.8) is 0 Å². The molecule has 3 aromatic carbocycles. The molecule has 0 spiro atoms. The van der Waals surface area contributed by atoms with Crippen molar-refractivity contribution in [2.75, 3.05) is 4.90 Å². The van der Waals surface area contributed by atoms with Crippen LogP contribution >= 0.6 is 27.5 Å². The third-order valence-corrected chi connectivity index (χ3v) is 7.74. The molecule has 0 saturated carbocycles. The van der Waals surface area contributed by atoms with Crippen molar-refractivity contribution in [1.29, 1.82) is 0 Å². The summed E-state index contributed by atoms with van der Waals surface area (Å²) in [6, 6.07) is 18.6. The van der Waals surface area contributed by atoms with Crippen LogP contribution in [0.4, 0.5) is 5.69 Å². The zero-order valence-corrected chi connectivity index (χ0v) is 19.4. The van der Waals surface area contributed by atoms with Gasteiger partial charge >= 0.3 is 0 Å². The van der Waals surface area contributed by atoms with Gasteiger partial charge in [-0.2, -0.15) is 0 Å². The highest BCUT2D eigenvalue weighted by atomic mass is 79.9. The SMILES string of the molecule is Cc1ccc(S(=O)(=O)C2=C(O)C(=O)N(c3ccc(Br)cc3)[C@@H]2c2ccc(Cl)cc2)cc1. The van der Waals surface area contributed by atoms with Gasteiger partial charge in [0, 0.05) is 15.2 Å². The normalized spacial score (nSPS) is 16.8. The van der Waals surface area contributed by atoms with Crippen LogP contribution in [0.25, 0.3) is 0 Å². The highest BCUT2D eigenvalue weighted by Gasteiger charge is 2.47. The fourth-order valence-corrected chi connectivity index (χ4v) is 5.53. The van der Waals surface area contributed by atoms with Crippen molar-refractivity contribution >= 4 is 49.0 Å². The van der Waals surface area contributed by atoms with Gasteiger partial charge in [0.25, 0.3) is 5.91 Å². The van der Waals surface area contributed by atoms with E-state index in [1.165, 1.54) is 17.0 Å². The molecular formula is C23H17BrClNO4S. The van der Waals surface area contributed by atoms with Gasteiger partial charge in [0.1, 0.15) is 10.9 Å². The highest BCUT2D eigenvalue weighted by molar-refractivity contribution is 9.10. The van der Waals surface area contributed by atoms with Crippen molar-refractivity contribution in [2.24, 2.45) is 0 Å². The minimum absolute atomic E-state index is 0.00377. The third kappa shape index (κ3) is 3.89. The Bertz CT molecular complexity index is 1280. The van der Waals surface area contributed by atoms with Crippen LogP contribution in [0, 0.1) is 6.92 Å². The zero-order chi connectivity index (χ0) is 22.3. The molecule has 1 aliphatic rings. The number of sulfone groups is 1. The fraction of sp³-hybridized carbons (Fsp3) is 0.0870. The summed E-state index contributed by atoms with van der Waals surface area (Å²) < 4.78 is 27.9. The lowest BCUT2D eigenvalue weighted by atomic mass is 10.1. The van der Waals surface area contributed by atoms with Crippen LogP contribution in [0.5, 0.6) is 0 Å². The van der Waals surface area contributed by atoms with Crippen molar-refractivity contribution in [2.45, 2.75) is 17.9 Å². The maximum Gasteiger partial charge on any atom is 0.295 e. The average Bonchev–Trinajstić information content (AvgIpc) is 3.01. The van der Waals surface area contributed by atoms with E-state index < -0.39 is 27.5 Å². The largest absolute Gasteiger partial charge is 0.502 e. The van der Waals surface area contributed by atoms with E-state index in [0.717, 1.165) is 10.0 Å². The molecular weight excluding hydrogens is 502 g/mol. The first-order valence-corrected chi connectivity index (χ1v) is 11.9. The number of aliphatic hydroxyl groups is 1. The van der Waals surface area contributed by atoms with E-state index in [9.17, 15) is 18.3 Å². The van der Waals surface area contributed by atoms with Gasteiger partial charge in [-0.3, -0.25) is 9.69 Å². The molecule has 1 aliphatic heterocycles. The molecule has 0 aromatic heterocycles. The van der Waals surface area contributed by atoms with Crippen LogP contribution in [-0.2, 0) is 14.6 Å². The zero-order valence-electron chi connectivity index (χ0n) is 16.3. The predicted molar refractivity (Wildman–Crippen MR) is 124 cm³/mol. The van der Waals surface area contributed by atoms with Gasteiger partial charge in [0.15, 0.2) is 5.76 Å². The predicted octanol–water partition coefficient (Wildman–Crippen LogP) is 5.74. The van der Waals surface area contributed by atoms with E-state index in [1.807, 2.05) is 6.92 Å². The number of carbonyl (C=O) groups excluding carboxylic acids is 1. The Balaban J connectivity index is 1.93. The summed E-state index contributed by atoms with van der Waals surface area (Å²) in [6.45, 7) is 1.85. The number of benzene rings is 3. The molecule has 4 rings (SSSR count). The van der Waals surface area contributed by atoms with Crippen LogP contribution < -0.4 is 4.90 Å². The first kappa shape index (κ1) is 21.6. The Kier molecular flexibility index (Phi) is 5.68. The maximum atomic E-state index is 13.6. The van der Waals surface area contributed by atoms with E-state index in [2.05, 4.69) is 15.9 Å². The molecule has 1 N–H and O–H groups in total. The first-order valence-electron chi connectivity index (χ1n) is 9.29. The van der Waals surface area contributed by atoms with Gasteiger partial charge in [-0.1, -0.05) is 57.4 Å². The Hall–Kier alpha value is -2.61. The molecule has 3 aromatic rings. The number of carbonyl (C=O) groups is 1. The number of amides is 1. The lowest BCUT2D eigenvalue weighted by Gasteiger charge is -2.27. The molecule has 5 nitrogen and oxygen atoms in total. The van der Waals surface area contributed by atoms with Gasteiger partial charge in [-0.25, -0.2) is 8.42 Å². The molecule has 1 atom stereocenters. The van der Waals surface area contributed by atoms with Crippen LogP contribution in [0.3, 0.4) is 0 Å². The number of hydrogen-bond acceptors (Lipinski definition) is 4. The quantitative estimate of drug-likeness (QED) is 0.478. The summed E-state index contributed by atoms with van der Waals surface area (Å²) >= 11 is 9.37. The topological polar surface area (TPSA) is 74.7 Å². The van der Waals surface area contributed by atoms with Crippen molar-refractivity contribution in [1.82, 2.24) is 0 Å². The van der Waals surface area contributed by atoms with E-state index >= 15 is 0 Å². The van der Waals surface area contributed by atoms with Crippen molar-refractivity contribution in [3.05, 3.63) is 104 Å². The number of rotatable bonds is 4. The molecule has 1 heterocycles. The fourth-order valence-electron chi connectivity index (χ4n) is 3.52. The third-order valence-electron chi connectivity index (χ3n) is 5.07. The second kappa shape index (κ2) is 8.15. The van der Waals surface area contributed by atoms with Crippen molar-refractivity contribution < 1.29 is 18.3 Å². The first-order chi connectivity index (χ1) is 14.7. The number of anilines is 1. The van der Waals surface area contributed by atoms with Crippen LogP contribution in [-0.4, -0.2) is 19.4 Å². The molecule has 0 saturated heterocycles. The Morgan fingerprint density at radius 2 is 1.52 bits per heavy atom. The van der Waals surface area contributed by atoms with Crippen LogP contribution in [0.15, 0.2) is 92.8 Å². The molecule has 0 bridgehead atoms. The van der Waals surface area contributed by atoms with Gasteiger partial charge in [-0.05, 0) is 61.0 Å². The summed E-state index contributed by atoms with van der Waals surface area (Å²) in [5.41, 5.74) is 1.86. The molecule has 0 fully saturated rings. The number of nitrogens with zero attached hydrogens (tertiary/aromatic N) is 1. The Morgan fingerprint density at radius 1 is 0.935 bits per heavy atom. The Labute approximate surface area is 193 Å². The van der Waals surface area contributed by atoms with E-state index in [-0.39, 0.29) is 9.80 Å². The standard InChI is InChI=1S/C23H17BrClNO4S/c1-14-2-12-19(13-3-14)31(29,30)22-20(15-4-8-17(25)9-5-15)26(23(28)21(22)27)18-10-6-16(24)7-11-18/h2-13,20,27H,1H3/t20-/m1/s1. The lowest BCUT2D eigenvalue weighted by molar-refractivity contribution is -0.117. The minimum atomic E-state index is -4.17. The van der Waals surface area contributed by atoms with E-state index in [0.29, 0.717) is 16.3 Å². The summed E-state index contributed by atoms with van der Waals surface area (Å²) in [5.74, 6) is -1.57. The number of aryl methyl sites for hydroxylation is 1. The van der Waals surface area contributed by atoms with Crippen LogP contribution in [0.2, 0.25) is 5.02 Å². The summed E-state index contributed by atoms with van der Waals surface area (Å²) in [6.07, 6.45) is 0.